The molecule has 0 aromatic carbocycles. The van der Waals surface area contributed by atoms with Crippen LogP contribution in [0, 0.1) is 0 Å². The Kier molecular flexibility index (Phi) is 7.30. The molecule has 0 atom stereocenters. The fourth-order valence-corrected chi connectivity index (χ4v) is 0.693. The Morgan fingerprint density at radius 3 is 1.46 bits per heavy atom. The van der Waals surface area contributed by atoms with Gasteiger partial charge in [-0.25, -0.2) is 0 Å². The summed E-state index contributed by atoms with van der Waals surface area (Å²) in [6.07, 6.45) is 0. The van der Waals surface area contributed by atoms with Crippen LogP contribution in [0.1, 0.15) is 0 Å². The lowest BCUT2D eigenvalue weighted by molar-refractivity contribution is 0.381. The predicted molar refractivity (Wildman–Crippen MR) is 44.5 cm³/mol. The lowest BCUT2D eigenvalue weighted by Gasteiger charge is -1.92. The van der Waals surface area contributed by atoms with Gasteiger partial charge in [0.25, 0.3) is 10.1 Å². The van der Waals surface area contributed by atoms with Crippen LogP contribution in [-0.4, -0.2) is 49.8 Å². The van der Waals surface area contributed by atoms with Gasteiger partial charge in [0.2, 0.25) is 0 Å². The molecule has 82 valence electrons. The molecule has 8 nitrogen and oxygen atoms in total. The van der Waals surface area contributed by atoms with E-state index in [1.165, 1.54) is 0 Å². The highest BCUT2D eigenvalue weighted by Gasteiger charge is 2.00. The van der Waals surface area contributed by atoms with Crippen LogP contribution in [0.4, 0.5) is 0 Å². The van der Waals surface area contributed by atoms with Crippen molar-refractivity contribution in [1.82, 2.24) is 5.32 Å². The van der Waals surface area contributed by atoms with Crippen LogP contribution < -0.4 is 5.32 Å². The van der Waals surface area contributed by atoms with E-state index in [4.69, 9.17) is 22.1 Å². The zero-order chi connectivity index (χ0) is 11.1. The first-order valence-electron chi connectivity index (χ1n) is 2.86. The summed E-state index contributed by atoms with van der Waals surface area (Å²) in [6.45, 7) is 0.291. The molecule has 0 amide bonds. The van der Waals surface area contributed by atoms with Crippen molar-refractivity contribution >= 4 is 20.5 Å². The molecule has 0 aromatic rings. The minimum absolute atomic E-state index is 0.219. The topological polar surface area (TPSA) is 141 Å². The molecule has 0 aliphatic rings. The van der Waals surface area contributed by atoms with Crippen molar-refractivity contribution in [3.63, 3.8) is 0 Å². The van der Waals surface area contributed by atoms with E-state index in [1.54, 1.807) is 7.05 Å². The van der Waals surface area contributed by atoms with Gasteiger partial charge in [-0.15, -0.1) is 0 Å². The maximum absolute atomic E-state index is 9.91. The number of nitrogens with one attached hydrogen (secondary N) is 1. The average Bonchev–Trinajstić information content (AvgIpc) is 1.77. The smallest absolute Gasteiger partial charge is 0.319 e. The summed E-state index contributed by atoms with van der Waals surface area (Å²) in [7, 11) is -6.80. The van der Waals surface area contributed by atoms with E-state index >= 15 is 0 Å². The molecule has 0 radical (unpaired) electrons. The molecule has 0 aliphatic heterocycles. The van der Waals surface area contributed by atoms with Crippen LogP contribution >= 0.6 is 0 Å². The second-order valence-corrected chi connectivity index (χ2v) is 4.31. The number of hydrogen-bond donors (Lipinski definition) is 4. The molecular weight excluding hydrogens is 226 g/mol. The monoisotopic (exact) mass is 237 g/mol. The molecule has 4 N–H and O–H groups in total. The standard InChI is InChI=1S/C3H9NO3S.H2O4S/c1-4-2-3-8(5,6)7;1-5(2,3)4/h4H,2-3H2,1H3,(H,5,6,7);(H2,1,2,3,4). The third-order valence-electron chi connectivity index (χ3n) is 0.610. The maximum Gasteiger partial charge on any atom is 0.394 e. The van der Waals surface area contributed by atoms with E-state index in [-0.39, 0.29) is 5.75 Å². The van der Waals surface area contributed by atoms with Gasteiger partial charge in [0, 0.05) is 6.54 Å². The first kappa shape index (κ1) is 15.2. The molecule has 0 fully saturated rings. The van der Waals surface area contributed by atoms with Gasteiger partial charge in [-0.05, 0) is 7.05 Å². The van der Waals surface area contributed by atoms with E-state index in [0.29, 0.717) is 6.54 Å². The third-order valence-corrected chi connectivity index (χ3v) is 1.33. The highest BCUT2D eigenvalue weighted by Crippen LogP contribution is 1.76. The Balaban J connectivity index is 0. The van der Waals surface area contributed by atoms with Gasteiger partial charge in [0.15, 0.2) is 0 Å². The molecule has 0 saturated heterocycles. The van der Waals surface area contributed by atoms with Crippen LogP contribution in [0.2, 0.25) is 0 Å². The second-order valence-electron chi connectivity index (χ2n) is 1.84. The first-order valence-corrected chi connectivity index (χ1v) is 5.86. The average molecular weight is 237 g/mol. The maximum atomic E-state index is 9.91. The second kappa shape index (κ2) is 6.23. The van der Waals surface area contributed by atoms with Gasteiger partial charge < -0.3 is 5.32 Å². The molecule has 0 rings (SSSR count). The molecule has 0 heterocycles. The van der Waals surface area contributed by atoms with E-state index in [2.05, 4.69) is 5.32 Å². The van der Waals surface area contributed by atoms with Crippen LogP contribution in [0.3, 0.4) is 0 Å². The van der Waals surface area contributed by atoms with E-state index < -0.39 is 20.5 Å². The zero-order valence-corrected chi connectivity index (χ0v) is 8.34. The normalized spacial score (nSPS) is 11.7. The van der Waals surface area contributed by atoms with Crippen molar-refractivity contribution in [2.75, 3.05) is 19.3 Å². The minimum atomic E-state index is -4.67. The SMILES string of the molecule is CNCCS(=O)(=O)O.O=S(=O)(O)O. The van der Waals surface area contributed by atoms with Gasteiger partial charge in [-0.3, -0.25) is 13.7 Å². The summed E-state index contributed by atoms with van der Waals surface area (Å²) >= 11 is 0. The van der Waals surface area contributed by atoms with Crippen molar-refractivity contribution in [3.8, 4) is 0 Å². The molecule has 0 spiro atoms. The summed E-state index contributed by atoms with van der Waals surface area (Å²) < 4.78 is 59.5. The third kappa shape index (κ3) is 49.6. The van der Waals surface area contributed by atoms with Crippen molar-refractivity contribution in [2.24, 2.45) is 0 Å². The Morgan fingerprint density at radius 2 is 1.38 bits per heavy atom. The summed E-state index contributed by atoms with van der Waals surface area (Å²) in [5.41, 5.74) is 0. The molecule has 0 aromatic heterocycles. The minimum Gasteiger partial charge on any atom is -0.319 e. The summed E-state index contributed by atoms with van der Waals surface area (Å²) in [5, 5.41) is 2.59. The van der Waals surface area contributed by atoms with Crippen LogP contribution in [-0.2, 0) is 20.5 Å². The summed E-state index contributed by atoms with van der Waals surface area (Å²) in [4.78, 5) is 0. The van der Waals surface area contributed by atoms with Gasteiger partial charge in [0.1, 0.15) is 0 Å². The quantitative estimate of drug-likeness (QED) is 0.432. The van der Waals surface area contributed by atoms with Gasteiger partial charge in [-0.1, -0.05) is 0 Å². The highest BCUT2D eigenvalue weighted by atomic mass is 32.3. The summed E-state index contributed by atoms with van der Waals surface area (Å²) in [5.74, 6) is -0.219. The number of rotatable bonds is 3. The molecular formula is C3H11NO7S2. The van der Waals surface area contributed by atoms with Crippen LogP contribution in [0.15, 0.2) is 0 Å². The Labute approximate surface area is 76.3 Å². The van der Waals surface area contributed by atoms with Gasteiger partial charge in [-0.2, -0.15) is 16.8 Å². The number of hydrogen-bond acceptors (Lipinski definition) is 5. The van der Waals surface area contributed by atoms with Crippen molar-refractivity contribution in [3.05, 3.63) is 0 Å². The van der Waals surface area contributed by atoms with Crippen molar-refractivity contribution < 1.29 is 30.5 Å². The fourth-order valence-electron chi connectivity index (χ4n) is 0.231. The highest BCUT2D eigenvalue weighted by molar-refractivity contribution is 7.85. The van der Waals surface area contributed by atoms with E-state index in [1.807, 2.05) is 0 Å². The first-order chi connectivity index (χ1) is 5.56. The predicted octanol–water partition coefficient (Wildman–Crippen LogP) is -1.56. The lowest BCUT2D eigenvalue weighted by Crippen LogP contribution is -2.18. The molecule has 0 aliphatic carbocycles. The zero-order valence-electron chi connectivity index (χ0n) is 6.71. The van der Waals surface area contributed by atoms with Crippen LogP contribution in [0.5, 0.6) is 0 Å². The Hall–Kier alpha value is -0.260. The van der Waals surface area contributed by atoms with Crippen LogP contribution in [0.25, 0.3) is 0 Å². The van der Waals surface area contributed by atoms with Crippen molar-refractivity contribution in [2.45, 2.75) is 0 Å². The summed E-state index contributed by atoms with van der Waals surface area (Å²) in [6, 6.07) is 0. The van der Waals surface area contributed by atoms with Gasteiger partial charge >= 0.3 is 10.4 Å². The fraction of sp³-hybridized carbons (Fsp3) is 1.00. The largest absolute Gasteiger partial charge is 0.394 e. The molecule has 0 saturated carbocycles. The molecule has 0 unspecified atom stereocenters. The Bertz CT molecular complexity index is 295. The molecule has 13 heavy (non-hydrogen) atoms. The molecule has 10 heteroatoms. The lowest BCUT2D eigenvalue weighted by atomic mass is 10.8. The van der Waals surface area contributed by atoms with Crippen molar-refractivity contribution in [1.29, 1.82) is 0 Å². The Morgan fingerprint density at radius 1 is 1.08 bits per heavy atom. The molecule has 0 bridgehead atoms. The van der Waals surface area contributed by atoms with E-state index in [0.717, 1.165) is 0 Å². The van der Waals surface area contributed by atoms with E-state index in [9.17, 15) is 8.42 Å². The van der Waals surface area contributed by atoms with Gasteiger partial charge in [0.05, 0.1) is 5.75 Å².